The van der Waals surface area contributed by atoms with Crippen LogP contribution in [0.3, 0.4) is 0 Å². The molecule has 0 fully saturated rings. The first-order chi connectivity index (χ1) is 14.9. The molecule has 1 amide bonds. The van der Waals surface area contributed by atoms with Gasteiger partial charge in [0.25, 0.3) is 5.91 Å². The van der Waals surface area contributed by atoms with Gasteiger partial charge in [0.1, 0.15) is 0 Å². The van der Waals surface area contributed by atoms with Crippen LogP contribution >= 0.6 is 0 Å². The number of carbonyl (C=O) groups excluding carboxylic acids is 1. The molecule has 5 nitrogen and oxygen atoms in total. The Morgan fingerprint density at radius 3 is 2.32 bits per heavy atom. The van der Waals surface area contributed by atoms with Crippen LogP contribution in [0, 0.1) is 0 Å². The monoisotopic (exact) mass is 426 g/mol. The SMILES string of the molecule is O=C1C2=C(CN(Cc3ccccc3)C2)N2CCN=C2N1Cc1ccc(C(F)(F)F)cc1. The Bertz CT molecular complexity index is 1060. The number of aliphatic imine (C=N–C) groups is 1. The number of fused-ring (bicyclic) bond motifs is 2. The van der Waals surface area contributed by atoms with Crippen molar-refractivity contribution < 1.29 is 18.0 Å². The fourth-order valence-corrected chi connectivity index (χ4v) is 4.37. The van der Waals surface area contributed by atoms with E-state index in [1.165, 1.54) is 17.7 Å². The minimum Gasteiger partial charge on any atom is -0.312 e. The van der Waals surface area contributed by atoms with Crippen molar-refractivity contribution in [3.05, 3.63) is 82.6 Å². The molecule has 3 aliphatic heterocycles. The van der Waals surface area contributed by atoms with E-state index in [9.17, 15) is 18.0 Å². The van der Waals surface area contributed by atoms with Crippen molar-refractivity contribution in [2.75, 3.05) is 26.2 Å². The molecule has 0 aliphatic carbocycles. The summed E-state index contributed by atoms with van der Waals surface area (Å²) in [5.74, 6) is 0.493. The lowest BCUT2D eigenvalue weighted by molar-refractivity contribution is -0.137. The Hall–Kier alpha value is -3.13. The van der Waals surface area contributed by atoms with Gasteiger partial charge in [0.15, 0.2) is 0 Å². The summed E-state index contributed by atoms with van der Waals surface area (Å²) in [5.41, 5.74) is 2.88. The highest BCUT2D eigenvalue weighted by molar-refractivity contribution is 6.10. The van der Waals surface area contributed by atoms with Crippen LogP contribution in [-0.4, -0.2) is 52.7 Å². The molecule has 8 heteroatoms. The third-order valence-corrected chi connectivity index (χ3v) is 5.86. The zero-order valence-electron chi connectivity index (χ0n) is 16.8. The Balaban J connectivity index is 1.36. The van der Waals surface area contributed by atoms with Gasteiger partial charge in [-0.15, -0.1) is 0 Å². The molecule has 2 aromatic carbocycles. The maximum Gasteiger partial charge on any atom is 0.416 e. The lowest BCUT2D eigenvalue weighted by atomic mass is 10.1. The van der Waals surface area contributed by atoms with E-state index in [1.54, 1.807) is 4.90 Å². The van der Waals surface area contributed by atoms with E-state index in [0.29, 0.717) is 37.7 Å². The topological polar surface area (TPSA) is 39.2 Å². The highest BCUT2D eigenvalue weighted by atomic mass is 19.4. The van der Waals surface area contributed by atoms with Gasteiger partial charge in [-0.25, -0.2) is 0 Å². The molecule has 3 heterocycles. The van der Waals surface area contributed by atoms with Gasteiger partial charge in [0.05, 0.1) is 24.2 Å². The summed E-state index contributed by atoms with van der Waals surface area (Å²) in [6.45, 7) is 3.49. The summed E-state index contributed by atoms with van der Waals surface area (Å²) >= 11 is 0. The fourth-order valence-electron chi connectivity index (χ4n) is 4.37. The number of nitrogens with zero attached hydrogens (tertiary/aromatic N) is 4. The third kappa shape index (κ3) is 3.72. The van der Waals surface area contributed by atoms with Crippen molar-refractivity contribution in [2.24, 2.45) is 4.99 Å². The second kappa shape index (κ2) is 7.53. The molecule has 2 aromatic rings. The molecule has 5 rings (SSSR count). The maximum atomic E-state index is 13.3. The fraction of sp³-hybridized carbons (Fsp3) is 0.304. The van der Waals surface area contributed by atoms with Crippen LogP contribution in [0.5, 0.6) is 0 Å². The number of alkyl halides is 3. The second-order valence-electron chi connectivity index (χ2n) is 7.98. The van der Waals surface area contributed by atoms with Gasteiger partial charge in [-0.05, 0) is 23.3 Å². The average Bonchev–Trinajstić information content (AvgIpc) is 3.39. The Morgan fingerprint density at radius 2 is 1.61 bits per heavy atom. The summed E-state index contributed by atoms with van der Waals surface area (Å²) in [7, 11) is 0. The first-order valence-electron chi connectivity index (χ1n) is 10.2. The average molecular weight is 426 g/mol. The summed E-state index contributed by atoms with van der Waals surface area (Å²) < 4.78 is 38.6. The van der Waals surface area contributed by atoms with Crippen LogP contribution in [0.4, 0.5) is 13.2 Å². The van der Waals surface area contributed by atoms with Gasteiger partial charge in [-0.3, -0.25) is 19.6 Å². The molecule has 0 saturated heterocycles. The Morgan fingerprint density at radius 1 is 0.903 bits per heavy atom. The largest absolute Gasteiger partial charge is 0.416 e. The van der Waals surface area contributed by atoms with E-state index < -0.39 is 11.7 Å². The van der Waals surface area contributed by atoms with E-state index in [0.717, 1.165) is 29.9 Å². The molecule has 0 aromatic heterocycles. The quantitative estimate of drug-likeness (QED) is 0.752. The van der Waals surface area contributed by atoms with E-state index in [1.807, 2.05) is 18.2 Å². The van der Waals surface area contributed by atoms with Gasteiger partial charge in [0, 0.05) is 31.9 Å². The van der Waals surface area contributed by atoms with Crippen molar-refractivity contribution in [2.45, 2.75) is 19.3 Å². The maximum absolute atomic E-state index is 13.3. The number of carbonyl (C=O) groups is 1. The molecule has 0 unspecified atom stereocenters. The van der Waals surface area contributed by atoms with Crippen molar-refractivity contribution >= 4 is 11.9 Å². The van der Waals surface area contributed by atoms with Crippen LogP contribution in [0.2, 0.25) is 0 Å². The highest BCUT2D eigenvalue weighted by Gasteiger charge is 2.42. The van der Waals surface area contributed by atoms with Gasteiger partial charge in [-0.1, -0.05) is 42.5 Å². The summed E-state index contributed by atoms with van der Waals surface area (Å²) in [4.78, 5) is 23.8. The third-order valence-electron chi connectivity index (χ3n) is 5.86. The minimum absolute atomic E-state index is 0.109. The molecule has 3 aliphatic rings. The first kappa shape index (κ1) is 19.8. The van der Waals surface area contributed by atoms with E-state index >= 15 is 0 Å². The summed E-state index contributed by atoms with van der Waals surface area (Å²) in [6.07, 6.45) is -4.38. The summed E-state index contributed by atoms with van der Waals surface area (Å²) in [5, 5.41) is 0. The number of amides is 1. The van der Waals surface area contributed by atoms with Gasteiger partial charge < -0.3 is 4.90 Å². The van der Waals surface area contributed by atoms with Gasteiger partial charge >= 0.3 is 6.18 Å². The van der Waals surface area contributed by atoms with Gasteiger partial charge in [0.2, 0.25) is 5.96 Å². The Kier molecular flexibility index (Phi) is 4.81. The number of benzene rings is 2. The molecule has 0 radical (unpaired) electrons. The normalized spacial score (nSPS) is 19.1. The van der Waals surface area contributed by atoms with E-state index in [2.05, 4.69) is 26.9 Å². The molecule has 0 atom stereocenters. The number of guanidine groups is 1. The van der Waals surface area contributed by atoms with Crippen LogP contribution in [-0.2, 0) is 24.1 Å². The number of halogens is 3. The van der Waals surface area contributed by atoms with Crippen molar-refractivity contribution in [1.29, 1.82) is 0 Å². The van der Waals surface area contributed by atoms with E-state index in [4.69, 9.17) is 0 Å². The molecular formula is C23H21F3N4O. The molecule has 0 bridgehead atoms. The number of rotatable bonds is 4. The zero-order valence-corrected chi connectivity index (χ0v) is 16.8. The van der Waals surface area contributed by atoms with Crippen molar-refractivity contribution in [3.63, 3.8) is 0 Å². The van der Waals surface area contributed by atoms with Crippen molar-refractivity contribution in [1.82, 2.24) is 14.7 Å². The molecular weight excluding hydrogens is 405 g/mol. The van der Waals surface area contributed by atoms with Crippen LogP contribution in [0.1, 0.15) is 16.7 Å². The molecule has 0 saturated carbocycles. The zero-order chi connectivity index (χ0) is 21.6. The van der Waals surface area contributed by atoms with Crippen molar-refractivity contribution in [3.8, 4) is 0 Å². The highest BCUT2D eigenvalue weighted by Crippen LogP contribution is 2.33. The lowest BCUT2D eigenvalue weighted by Gasteiger charge is -2.35. The smallest absolute Gasteiger partial charge is 0.312 e. The minimum atomic E-state index is -4.38. The molecule has 31 heavy (non-hydrogen) atoms. The predicted octanol–water partition coefficient (Wildman–Crippen LogP) is 3.49. The molecule has 160 valence electrons. The number of hydrogen-bond donors (Lipinski definition) is 0. The van der Waals surface area contributed by atoms with Crippen LogP contribution in [0.25, 0.3) is 0 Å². The number of hydrogen-bond acceptors (Lipinski definition) is 4. The summed E-state index contributed by atoms with van der Waals surface area (Å²) in [6, 6.07) is 15.1. The van der Waals surface area contributed by atoms with Crippen LogP contribution in [0.15, 0.2) is 70.9 Å². The lowest BCUT2D eigenvalue weighted by Crippen LogP contribution is -2.49. The Labute approximate surface area is 178 Å². The molecule has 0 N–H and O–H groups in total. The van der Waals surface area contributed by atoms with E-state index in [-0.39, 0.29) is 12.5 Å². The molecule has 0 spiro atoms. The predicted molar refractivity (Wildman–Crippen MR) is 110 cm³/mol. The van der Waals surface area contributed by atoms with Crippen LogP contribution < -0.4 is 0 Å². The first-order valence-corrected chi connectivity index (χ1v) is 10.2. The second-order valence-corrected chi connectivity index (χ2v) is 7.98. The standard InChI is InChI=1S/C23H21F3N4O/c24-23(25,26)18-8-6-17(7-9-18)13-30-21(31)19-14-28(12-16-4-2-1-3-5-16)15-20(19)29-11-10-27-22(29)30/h1-9H,10-15H2. The van der Waals surface area contributed by atoms with Gasteiger partial charge in [-0.2, -0.15) is 13.2 Å².